The molecule has 2 N–H and O–H groups in total. The first-order chi connectivity index (χ1) is 10.7. The Hall–Kier alpha value is -1.69. The van der Waals surface area contributed by atoms with E-state index in [1.807, 2.05) is 6.92 Å². The molecule has 1 saturated heterocycles. The molecule has 0 saturated carbocycles. The third-order valence-corrected chi connectivity index (χ3v) is 4.48. The zero-order valence-corrected chi connectivity index (χ0v) is 13.4. The average molecular weight is 306 g/mol. The minimum absolute atomic E-state index is 0.0149. The lowest BCUT2D eigenvalue weighted by Gasteiger charge is -2.33. The first-order valence-corrected chi connectivity index (χ1v) is 8.08. The molecule has 1 aromatic heterocycles. The molecule has 22 heavy (non-hydrogen) atoms. The molecular formula is C16H26N4O2. The van der Waals surface area contributed by atoms with Gasteiger partial charge in [-0.15, -0.1) is 0 Å². The van der Waals surface area contributed by atoms with Crippen molar-refractivity contribution in [1.29, 1.82) is 0 Å². The number of nitrogens with one attached hydrogen (secondary N) is 1. The van der Waals surface area contributed by atoms with E-state index in [0.717, 1.165) is 25.8 Å². The van der Waals surface area contributed by atoms with Crippen molar-refractivity contribution in [3.63, 3.8) is 0 Å². The molecule has 0 unspecified atom stereocenters. The summed E-state index contributed by atoms with van der Waals surface area (Å²) in [5.74, 6) is 0.905. The van der Waals surface area contributed by atoms with E-state index in [0.29, 0.717) is 12.5 Å². The first-order valence-electron chi connectivity index (χ1n) is 8.08. The summed E-state index contributed by atoms with van der Waals surface area (Å²) in [4.78, 5) is 23.1. The summed E-state index contributed by atoms with van der Waals surface area (Å²) in [6, 6.07) is 1.62. The highest BCUT2D eigenvalue weighted by Crippen LogP contribution is 2.20. The standard InChI is InChI=1S/C16H26N4O2/c1-3-12(2)14(11-21)19-15(22)13-6-4-9-20(10-13)16-17-7-5-8-18-16/h5,7-8,12-14,21H,3-4,6,9-11H2,1-2H3,(H,19,22)/t12-,13-,14-/m1/s1. The van der Waals surface area contributed by atoms with Gasteiger partial charge in [0.15, 0.2) is 0 Å². The van der Waals surface area contributed by atoms with Gasteiger partial charge in [-0.2, -0.15) is 0 Å². The lowest BCUT2D eigenvalue weighted by Crippen LogP contribution is -2.49. The fourth-order valence-corrected chi connectivity index (χ4v) is 2.78. The summed E-state index contributed by atoms with van der Waals surface area (Å²) < 4.78 is 0. The first kappa shape index (κ1) is 16.7. The van der Waals surface area contributed by atoms with Crippen LogP contribution in [0, 0.1) is 11.8 Å². The second-order valence-corrected chi connectivity index (χ2v) is 6.02. The van der Waals surface area contributed by atoms with Gasteiger partial charge in [0.05, 0.1) is 18.6 Å². The number of hydrogen-bond acceptors (Lipinski definition) is 5. The number of carbonyl (C=O) groups excluding carboxylic acids is 1. The average Bonchev–Trinajstić information content (AvgIpc) is 2.59. The number of nitrogens with zero attached hydrogens (tertiary/aromatic N) is 3. The van der Waals surface area contributed by atoms with Crippen LogP contribution in [0.1, 0.15) is 33.1 Å². The Labute approximate surface area is 132 Å². The van der Waals surface area contributed by atoms with E-state index < -0.39 is 0 Å². The van der Waals surface area contributed by atoms with E-state index in [4.69, 9.17) is 0 Å². The van der Waals surface area contributed by atoms with Crippen molar-refractivity contribution in [2.24, 2.45) is 11.8 Å². The fraction of sp³-hybridized carbons (Fsp3) is 0.688. The van der Waals surface area contributed by atoms with Gasteiger partial charge in [0.1, 0.15) is 0 Å². The van der Waals surface area contributed by atoms with E-state index in [9.17, 15) is 9.90 Å². The van der Waals surface area contributed by atoms with Crippen LogP contribution in [-0.4, -0.2) is 46.7 Å². The van der Waals surface area contributed by atoms with Crippen molar-refractivity contribution in [1.82, 2.24) is 15.3 Å². The largest absolute Gasteiger partial charge is 0.394 e. The van der Waals surface area contributed by atoms with Crippen molar-refractivity contribution < 1.29 is 9.90 Å². The highest BCUT2D eigenvalue weighted by Gasteiger charge is 2.29. The molecule has 6 heteroatoms. The number of rotatable bonds is 6. The molecule has 0 bridgehead atoms. The van der Waals surface area contributed by atoms with Gasteiger partial charge in [-0.3, -0.25) is 4.79 Å². The Kier molecular flexibility index (Phi) is 6.12. The summed E-state index contributed by atoms with van der Waals surface area (Å²) >= 11 is 0. The van der Waals surface area contributed by atoms with Gasteiger partial charge in [0.2, 0.25) is 11.9 Å². The summed E-state index contributed by atoms with van der Waals surface area (Å²) in [7, 11) is 0. The van der Waals surface area contributed by atoms with Gasteiger partial charge in [-0.1, -0.05) is 20.3 Å². The van der Waals surface area contributed by atoms with Crippen LogP contribution in [0.5, 0.6) is 0 Å². The number of aliphatic hydroxyl groups is 1. The molecule has 0 aliphatic carbocycles. The predicted molar refractivity (Wildman–Crippen MR) is 85.4 cm³/mol. The van der Waals surface area contributed by atoms with Crippen molar-refractivity contribution in [3.05, 3.63) is 18.5 Å². The van der Waals surface area contributed by atoms with E-state index in [1.165, 1.54) is 0 Å². The maximum absolute atomic E-state index is 12.5. The topological polar surface area (TPSA) is 78.4 Å². The van der Waals surface area contributed by atoms with Crippen molar-refractivity contribution in [3.8, 4) is 0 Å². The Morgan fingerprint density at radius 1 is 1.50 bits per heavy atom. The molecule has 1 fully saturated rings. The quantitative estimate of drug-likeness (QED) is 0.826. The Morgan fingerprint density at radius 2 is 2.23 bits per heavy atom. The molecule has 122 valence electrons. The second kappa shape index (κ2) is 8.08. The molecule has 1 amide bonds. The highest BCUT2D eigenvalue weighted by atomic mass is 16.3. The molecule has 2 heterocycles. The number of anilines is 1. The molecule has 3 atom stereocenters. The maximum Gasteiger partial charge on any atom is 0.225 e. The molecule has 1 aromatic rings. The third-order valence-electron chi connectivity index (χ3n) is 4.48. The summed E-state index contributed by atoms with van der Waals surface area (Å²) in [5.41, 5.74) is 0. The molecule has 0 radical (unpaired) electrons. The number of aromatic nitrogens is 2. The molecule has 2 rings (SSSR count). The zero-order valence-electron chi connectivity index (χ0n) is 13.4. The Morgan fingerprint density at radius 3 is 2.86 bits per heavy atom. The third kappa shape index (κ3) is 4.16. The van der Waals surface area contributed by atoms with Crippen molar-refractivity contribution in [2.75, 3.05) is 24.6 Å². The fourth-order valence-electron chi connectivity index (χ4n) is 2.78. The number of aliphatic hydroxyl groups excluding tert-OH is 1. The van der Waals surface area contributed by atoms with Crippen LogP contribution < -0.4 is 10.2 Å². The summed E-state index contributed by atoms with van der Waals surface area (Å²) in [6.45, 7) is 5.61. The molecule has 1 aliphatic rings. The summed E-state index contributed by atoms with van der Waals surface area (Å²) in [5, 5.41) is 12.5. The maximum atomic E-state index is 12.5. The SMILES string of the molecule is CC[C@@H](C)[C@@H](CO)NC(=O)[C@@H]1CCCN(c2ncccn2)C1. The predicted octanol–water partition coefficient (Wildman–Crippen LogP) is 1.22. The molecule has 0 spiro atoms. The second-order valence-electron chi connectivity index (χ2n) is 6.02. The van der Waals surface area contributed by atoms with Crippen LogP contribution in [-0.2, 0) is 4.79 Å². The molecular weight excluding hydrogens is 280 g/mol. The van der Waals surface area contributed by atoms with E-state index >= 15 is 0 Å². The van der Waals surface area contributed by atoms with Gasteiger partial charge in [0.25, 0.3) is 0 Å². The summed E-state index contributed by atoms with van der Waals surface area (Å²) in [6.07, 6.45) is 6.19. The van der Waals surface area contributed by atoms with Crippen LogP contribution in [0.4, 0.5) is 5.95 Å². The number of carbonyl (C=O) groups is 1. The van der Waals surface area contributed by atoms with Gasteiger partial charge < -0.3 is 15.3 Å². The zero-order chi connectivity index (χ0) is 15.9. The Bertz CT molecular complexity index is 468. The van der Waals surface area contributed by atoms with Gasteiger partial charge in [0, 0.05) is 25.5 Å². The number of amides is 1. The minimum Gasteiger partial charge on any atom is -0.394 e. The lowest BCUT2D eigenvalue weighted by atomic mass is 9.95. The molecule has 1 aliphatic heterocycles. The van der Waals surface area contributed by atoms with E-state index in [-0.39, 0.29) is 30.4 Å². The van der Waals surface area contributed by atoms with Crippen LogP contribution in [0.15, 0.2) is 18.5 Å². The normalized spacial score (nSPS) is 21.2. The lowest BCUT2D eigenvalue weighted by molar-refractivity contribution is -0.126. The number of piperidine rings is 1. The van der Waals surface area contributed by atoms with Crippen LogP contribution >= 0.6 is 0 Å². The number of hydrogen-bond donors (Lipinski definition) is 2. The minimum atomic E-state index is -0.166. The Balaban J connectivity index is 1.95. The van der Waals surface area contributed by atoms with Gasteiger partial charge in [-0.25, -0.2) is 9.97 Å². The van der Waals surface area contributed by atoms with Crippen molar-refractivity contribution in [2.45, 2.75) is 39.2 Å². The monoisotopic (exact) mass is 306 g/mol. The van der Waals surface area contributed by atoms with Gasteiger partial charge >= 0.3 is 0 Å². The van der Waals surface area contributed by atoms with Crippen molar-refractivity contribution >= 4 is 11.9 Å². The van der Waals surface area contributed by atoms with E-state index in [1.54, 1.807) is 18.5 Å². The molecule has 6 nitrogen and oxygen atoms in total. The van der Waals surface area contributed by atoms with Crippen LogP contribution in [0.25, 0.3) is 0 Å². The van der Waals surface area contributed by atoms with Crippen LogP contribution in [0.2, 0.25) is 0 Å². The van der Waals surface area contributed by atoms with Crippen LogP contribution in [0.3, 0.4) is 0 Å². The van der Waals surface area contributed by atoms with Gasteiger partial charge in [-0.05, 0) is 24.8 Å². The van der Waals surface area contributed by atoms with E-state index in [2.05, 4.69) is 27.1 Å². The highest BCUT2D eigenvalue weighted by molar-refractivity contribution is 5.79. The molecule has 0 aromatic carbocycles. The smallest absolute Gasteiger partial charge is 0.225 e.